The van der Waals surface area contributed by atoms with Gasteiger partial charge in [-0.15, -0.1) is 0 Å². The zero-order valence-corrected chi connectivity index (χ0v) is 14.8. The standard InChI is InChI=1S/C17H29N5O2/c1-3-24-13-14-6-8-22(10-14)17(23)19-15-5-4-7-21(11-15)16-9-18-20(2)12-16/h9,12,14-15H,3-8,10-11,13H2,1-2H3,(H,19,23)/t14-,15-/m0/s1. The van der Waals surface area contributed by atoms with Gasteiger partial charge in [0.1, 0.15) is 0 Å². The maximum Gasteiger partial charge on any atom is 0.317 e. The van der Waals surface area contributed by atoms with Crippen LogP contribution in [0, 0.1) is 5.92 Å². The van der Waals surface area contributed by atoms with Crippen LogP contribution in [0.25, 0.3) is 0 Å². The predicted octanol–water partition coefficient (Wildman–Crippen LogP) is 1.46. The fourth-order valence-corrected chi connectivity index (χ4v) is 3.60. The predicted molar refractivity (Wildman–Crippen MR) is 93.1 cm³/mol. The summed E-state index contributed by atoms with van der Waals surface area (Å²) in [6, 6.07) is 0.282. The summed E-state index contributed by atoms with van der Waals surface area (Å²) < 4.78 is 7.31. The molecule has 2 saturated heterocycles. The Balaban J connectivity index is 1.48. The molecule has 2 fully saturated rings. The maximum absolute atomic E-state index is 12.5. The van der Waals surface area contributed by atoms with E-state index in [1.807, 2.05) is 35.9 Å². The lowest BCUT2D eigenvalue weighted by Crippen LogP contribution is -2.51. The van der Waals surface area contributed by atoms with Crippen LogP contribution in [0.4, 0.5) is 10.5 Å². The number of urea groups is 1. The van der Waals surface area contributed by atoms with E-state index in [1.54, 1.807) is 0 Å². The Morgan fingerprint density at radius 2 is 2.25 bits per heavy atom. The second-order valence-electron chi connectivity index (χ2n) is 6.87. The molecule has 0 aromatic carbocycles. The highest BCUT2D eigenvalue weighted by Gasteiger charge is 2.29. The maximum atomic E-state index is 12.5. The van der Waals surface area contributed by atoms with Crippen LogP contribution in [-0.4, -0.2) is 66.1 Å². The lowest BCUT2D eigenvalue weighted by molar-refractivity contribution is 0.113. The summed E-state index contributed by atoms with van der Waals surface area (Å²) in [5.41, 5.74) is 1.13. The monoisotopic (exact) mass is 335 g/mol. The second-order valence-corrected chi connectivity index (χ2v) is 6.87. The first-order valence-electron chi connectivity index (χ1n) is 9.02. The third kappa shape index (κ3) is 4.20. The van der Waals surface area contributed by atoms with Gasteiger partial charge in [0.2, 0.25) is 0 Å². The molecule has 24 heavy (non-hydrogen) atoms. The zero-order chi connectivity index (χ0) is 16.9. The normalized spacial score (nSPS) is 24.4. The molecule has 3 rings (SSSR count). The van der Waals surface area contributed by atoms with Crippen LogP contribution in [0.3, 0.4) is 0 Å². The number of nitrogens with one attached hydrogen (secondary N) is 1. The summed E-state index contributed by atoms with van der Waals surface area (Å²) in [5.74, 6) is 0.481. The molecule has 0 saturated carbocycles. The zero-order valence-electron chi connectivity index (χ0n) is 14.8. The van der Waals surface area contributed by atoms with Gasteiger partial charge in [-0.1, -0.05) is 0 Å². The number of aromatic nitrogens is 2. The topological polar surface area (TPSA) is 62.6 Å². The molecule has 2 amide bonds. The SMILES string of the molecule is CCOC[C@H]1CCN(C(=O)N[C@H]2CCCN(c3cnn(C)c3)C2)C1. The number of nitrogens with zero attached hydrogens (tertiary/aromatic N) is 4. The Morgan fingerprint density at radius 3 is 3.00 bits per heavy atom. The van der Waals surface area contributed by atoms with Crippen molar-refractivity contribution in [1.82, 2.24) is 20.0 Å². The molecule has 2 atom stereocenters. The van der Waals surface area contributed by atoms with Crippen molar-refractivity contribution in [1.29, 1.82) is 0 Å². The molecule has 7 nitrogen and oxygen atoms in total. The number of carbonyl (C=O) groups excluding carboxylic acids is 1. The smallest absolute Gasteiger partial charge is 0.317 e. The van der Waals surface area contributed by atoms with Crippen molar-refractivity contribution in [2.75, 3.05) is 44.3 Å². The number of aryl methyl sites for hydroxylation is 1. The van der Waals surface area contributed by atoms with Crippen molar-refractivity contribution >= 4 is 11.7 Å². The number of hydrogen-bond acceptors (Lipinski definition) is 4. The van der Waals surface area contributed by atoms with Crippen LogP contribution in [-0.2, 0) is 11.8 Å². The molecule has 0 spiro atoms. The quantitative estimate of drug-likeness (QED) is 0.885. The third-order valence-electron chi connectivity index (χ3n) is 4.94. The van der Waals surface area contributed by atoms with Crippen LogP contribution >= 0.6 is 0 Å². The van der Waals surface area contributed by atoms with Gasteiger partial charge in [0.15, 0.2) is 0 Å². The molecule has 0 aliphatic carbocycles. The van der Waals surface area contributed by atoms with Gasteiger partial charge in [-0.2, -0.15) is 5.10 Å². The van der Waals surface area contributed by atoms with Gasteiger partial charge < -0.3 is 19.9 Å². The Kier molecular flexibility index (Phi) is 5.60. The molecule has 0 bridgehead atoms. The Labute approximate surface area is 143 Å². The molecule has 1 aromatic rings. The van der Waals surface area contributed by atoms with Crippen molar-refractivity contribution in [3.63, 3.8) is 0 Å². The second kappa shape index (κ2) is 7.88. The van der Waals surface area contributed by atoms with Gasteiger partial charge >= 0.3 is 6.03 Å². The minimum absolute atomic E-state index is 0.0760. The van der Waals surface area contributed by atoms with Gasteiger partial charge in [0, 0.05) is 58.0 Å². The number of carbonyl (C=O) groups is 1. The summed E-state index contributed by atoms with van der Waals surface area (Å²) >= 11 is 0. The first kappa shape index (κ1) is 17.1. The summed E-state index contributed by atoms with van der Waals surface area (Å²) in [6.07, 6.45) is 7.09. The minimum atomic E-state index is 0.0760. The van der Waals surface area contributed by atoms with Crippen molar-refractivity contribution in [2.24, 2.45) is 13.0 Å². The number of piperidine rings is 1. The van der Waals surface area contributed by atoms with Crippen LogP contribution in [0.15, 0.2) is 12.4 Å². The number of ether oxygens (including phenoxy) is 1. The molecule has 134 valence electrons. The van der Waals surface area contributed by atoms with Gasteiger partial charge in [-0.3, -0.25) is 4.68 Å². The number of likely N-dealkylation sites (tertiary alicyclic amines) is 1. The number of anilines is 1. The highest BCUT2D eigenvalue weighted by molar-refractivity contribution is 5.75. The van der Waals surface area contributed by atoms with E-state index in [0.717, 1.165) is 64.3 Å². The van der Waals surface area contributed by atoms with Crippen molar-refractivity contribution in [3.8, 4) is 0 Å². The van der Waals surface area contributed by atoms with Gasteiger partial charge in [0.25, 0.3) is 0 Å². The number of amides is 2. The largest absolute Gasteiger partial charge is 0.381 e. The summed E-state index contributed by atoms with van der Waals surface area (Å²) in [5, 5.41) is 7.46. The lowest BCUT2D eigenvalue weighted by Gasteiger charge is -2.34. The van der Waals surface area contributed by atoms with E-state index >= 15 is 0 Å². The van der Waals surface area contributed by atoms with Crippen LogP contribution in [0.2, 0.25) is 0 Å². The van der Waals surface area contributed by atoms with Gasteiger partial charge in [-0.25, -0.2) is 4.79 Å². The van der Waals surface area contributed by atoms with E-state index in [0.29, 0.717) is 5.92 Å². The summed E-state index contributed by atoms with van der Waals surface area (Å²) in [6.45, 7) is 7.04. The Hall–Kier alpha value is -1.76. The minimum Gasteiger partial charge on any atom is -0.381 e. The van der Waals surface area contributed by atoms with Crippen LogP contribution < -0.4 is 10.2 Å². The summed E-state index contributed by atoms with van der Waals surface area (Å²) in [4.78, 5) is 16.8. The fraction of sp³-hybridized carbons (Fsp3) is 0.765. The molecule has 0 radical (unpaired) electrons. The molecule has 0 unspecified atom stereocenters. The molecule has 2 aliphatic heterocycles. The molecule has 3 heterocycles. The Morgan fingerprint density at radius 1 is 1.38 bits per heavy atom. The van der Waals surface area contributed by atoms with Gasteiger partial charge in [-0.05, 0) is 26.2 Å². The van der Waals surface area contributed by atoms with Gasteiger partial charge in [0.05, 0.1) is 18.5 Å². The highest BCUT2D eigenvalue weighted by Crippen LogP contribution is 2.20. The lowest BCUT2D eigenvalue weighted by atomic mass is 10.1. The average Bonchev–Trinajstić information content (AvgIpc) is 3.22. The first-order chi connectivity index (χ1) is 11.7. The van der Waals surface area contributed by atoms with Crippen molar-refractivity contribution in [2.45, 2.75) is 32.2 Å². The molecular formula is C17H29N5O2. The Bertz CT molecular complexity index is 547. The molecule has 1 N–H and O–H groups in total. The van der Waals surface area contributed by atoms with E-state index in [9.17, 15) is 4.79 Å². The van der Waals surface area contributed by atoms with Crippen LogP contribution in [0.5, 0.6) is 0 Å². The van der Waals surface area contributed by atoms with E-state index in [4.69, 9.17) is 4.74 Å². The molecule has 1 aromatic heterocycles. The molecular weight excluding hydrogens is 306 g/mol. The van der Waals surface area contributed by atoms with E-state index in [2.05, 4.69) is 15.3 Å². The van der Waals surface area contributed by atoms with Crippen LogP contribution in [0.1, 0.15) is 26.2 Å². The van der Waals surface area contributed by atoms with Crippen molar-refractivity contribution < 1.29 is 9.53 Å². The van der Waals surface area contributed by atoms with E-state index < -0.39 is 0 Å². The van der Waals surface area contributed by atoms with E-state index in [1.165, 1.54) is 0 Å². The number of hydrogen-bond donors (Lipinski definition) is 1. The molecule has 2 aliphatic rings. The summed E-state index contributed by atoms with van der Waals surface area (Å²) in [7, 11) is 1.93. The first-order valence-corrected chi connectivity index (χ1v) is 9.02. The van der Waals surface area contributed by atoms with E-state index in [-0.39, 0.29) is 12.1 Å². The number of rotatable bonds is 5. The highest BCUT2D eigenvalue weighted by atomic mass is 16.5. The average molecular weight is 335 g/mol. The molecule has 7 heteroatoms. The van der Waals surface area contributed by atoms with Crippen molar-refractivity contribution in [3.05, 3.63) is 12.4 Å². The fourth-order valence-electron chi connectivity index (χ4n) is 3.60. The third-order valence-corrected chi connectivity index (χ3v) is 4.94.